The summed E-state index contributed by atoms with van der Waals surface area (Å²) in [5.41, 5.74) is 1.05. The molecule has 0 spiro atoms. The quantitative estimate of drug-likeness (QED) is 0.721. The summed E-state index contributed by atoms with van der Waals surface area (Å²) in [4.78, 5) is 13.1. The minimum atomic E-state index is 0.0101. The molecule has 0 unspecified atom stereocenters. The highest BCUT2D eigenvalue weighted by molar-refractivity contribution is 5.46. The van der Waals surface area contributed by atoms with E-state index in [-0.39, 0.29) is 5.41 Å². The lowest BCUT2D eigenvalue weighted by atomic mass is 9.96. The zero-order valence-corrected chi connectivity index (χ0v) is 10.3. The van der Waals surface area contributed by atoms with Gasteiger partial charge in [0.05, 0.1) is 24.7 Å². The summed E-state index contributed by atoms with van der Waals surface area (Å²) in [7, 11) is 2.04. The molecule has 1 aromatic rings. The van der Waals surface area contributed by atoms with E-state index in [0.717, 1.165) is 18.2 Å². The van der Waals surface area contributed by atoms with Crippen LogP contribution in [0.15, 0.2) is 24.8 Å². The molecule has 0 saturated heterocycles. The van der Waals surface area contributed by atoms with Gasteiger partial charge in [0.1, 0.15) is 5.82 Å². The Balaban J connectivity index is 2.17. The Morgan fingerprint density at radius 3 is 2.19 bits per heavy atom. The van der Waals surface area contributed by atoms with Crippen molar-refractivity contribution in [2.24, 2.45) is 0 Å². The molecule has 4 heteroatoms. The third-order valence-electron chi connectivity index (χ3n) is 2.52. The first-order valence-corrected chi connectivity index (χ1v) is 5.44. The van der Waals surface area contributed by atoms with Crippen LogP contribution in [0.1, 0.15) is 26.6 Å². The number of hydrogen-bond donors (Lipinski definition) is 0. The molecule has 1 aromatic heterocycles. The van der Waals surface area contributed by atoms with Gasteiger partial charge in [-0.15, -0.1) is 0 Å². The lowest BCUT2D eigenvalue weighted by molar-refractivity contribution is 0.494. The molecule has 0 bridgehead atoms. The monoisotopic (exact) mass is 218 g/mol. The van der Waals surface area contributed by atoms with Crippen LogP contribution in [0.25, 0.3) is 0 Å². The lowest BCUT2D eigenvalue weighted by Crippen LogP contribution is -2.23. The van der Waals surface area contributed by atoms with Crippen molar-refractivity contribution in [3.8, 4) is 0 Å². The molecule has 1 aliphatic rings. The summed E-state index contributed by atoms with van der Waals surface area (Å²) < 4.78 is 0. The van der Waals surface area contributed by atoms with Crippen molar-refractivity contribution in [2.45, 2.75) is 26.2 Å². The average molecular weight is 218 g/mol. The van der Waals surface area contributed by atoms with E-state index in [0.29, 0.717) is 0 Å². The van der Waals surface area contributed by atoms with Gasteiger partial charge in [0.25, 0.3) is 0 Å². The third-order valence-corrected chi connectivity index (χ3v) is 2.52. The number of aromatic nitrogens is 2. The molecule has 16 heavy (non-hydrogen) atoms. The Hall–Kier alpha value is -1.58. The highest BCUT2D eigenvalue weighted by Crippen LogP contribution is 2.21. The lowest BCUT2D eigenvalue weighted by Gasteiger charge is -2.20. The van der Waals surface area contributed by atoms with Crippen molar-refractivity contribution in [1.82, 2.24) is 14.9 Å². The van der Waals surface area contributed by atoms with Crippen LogP contribution in [0.3, 0.4) is 0 Å². The molecule has 4 nitrogen and oxygen atoms in total. The van der Waals surface area contributed by atoms with Crippen LogP contribution in [-0.4, -0.2) is 28.6 Å². The van der Waals surface area contributed by atoms with Crippen LogP contribution >= 0.6 is 0 Å². The number of rotatable bonds is 1. The molecule has 0 atom stereocenters. The summed E-state index contributed by atoms with van der Waals surface area (Å²) in [6.45, 7) is 7.21. The Bertz CT molecular complexity index is 388. The summed E-state index contributed by atoms with van der Waals surface area (Å²) in [6.07, 6.45) is 7.85. The fourth-order valence-electron chi connectivity index (χ4n) is 1.55. The van der Waals surface area contributed by atoms with E-state index in [9.17, 15) is 0 Å². The maximum Gasteiger partial charge on any atom is 0.133 e. The third kappa shape index (κ3) is 2.15. The molecule has 2 rings (SSSR count). The molecule has 2 heterocycles. The zero-order chi connectivity index (χ0) is 11.8. The zero-order valence-electron chi connectivity index (χ0n) is 10.3. The van der Waals surface area contributed by atoms with E-state index in [2.05, 4.69) is 40.5 Å². The highest BCUT2D eigenvalue weighted by Gasteiger charge is 2.18. The Labute approximate surface area is 96.6 Å². The van der Waals surface area contributed by atoms with Crippen molar-refractivity contribution in [2.75, 3.05) is 18.6 Å². The summed E-state index contributed by atoms with van der Waals surface area (Å²) in [5.74, 6) is 0.882. The molecular formula is C12H18N4. The van der Waals surface area contributed by atoms with Gasteiger partial charge < -0.3 is 9.80 Å². The Morgan fingerprint density at radius 2 is 1.75 bits per heavy atom. The van der Waals surface area contributed by atoms with Crippen molar-refractivity contribution in [3.05, 3.63) is 30.6 Å². The Morgan fingerprint density at radius 1 is 1.12 bits per heavy atom. The highest BCUT2D eigenvalue weighted by atomic mass is 15.3. The SMILES string of the molecule is CN1C=CN(c2cnc(C(C)(C)C)nc2)C1. The maximum atomic E-state index is 4.41. The summed E-state index contributed by atoms with van der Waals surface area (Å²) >= 11 is 0. The van der Waals surface area contributed by atoms with Gasteiger partial charge >= 0.3 is 0 Å². The molecule has 86 valence electrons. The van der Waals surface area contributed by atoms with E-state index >= 15 is 0 Å². The van der Waals surface area contributed by atoms with Gasteiger partial charge in [0, 0.05) is 24.9 Å². The van der Waals surface area contributed by atoms with E-state index in [1.54, 1.807) is 0 Å². The fourth-order valence-corrected chi connectivity index (χ4v) is 1.55. The second kappa shape index (κ2) is 3.77. The van der Waals surface area contributed by atoms with Gasteiger partial charge in [0.2, 0.25) is 0 Å². The van der Waals surface area contributed by atoms with Gasteiger partial charge in [-0.2, -0.15) is 0 Å². The number of hydrogen-bond acceptors (Lipinski definition) is 4. The van der Waals surface area contributed by atoms with E-state index < -0.39 is 0 Å². The molecule has 0 aliphatic carbocycles. The first kappa shape index (κ1) is 10.9. The predicted molar refractivity (Wildman–Crippen MR) is 65.0 cm³/mol. The van der Waals surface area contributed by atoms with Crippen LogP contribution in [-0.2, 0) is 5.41 Å². The standard InChI is InChI=1S/C12H18N4/c1-12(2,3)11-13-7-10(8-14-11)16-6-5-15(4)9-16/h5-8H,9H2,1-4H3. The van der Waals surface area contributed by atoms with Crippen molar-refractivity contribution < 1.29 is 0 Å². The predicted octanol–water partition coefficient (Wildman–Crippen LogP) is 1.95. The molecule has 0 amide bonds. The van der Waals surface area contributed by atoms with E-state index in [1.807, 2.05) is 31.8 Å². The van der Waals surface area contributed by atoms with Crippen molar-refractivity contribution in [1.29, 1.82) is 0 Å². The smallest absolute Gasteiger partial charge is 0.133 e. The first-order valence-electron chi connectivity index (χ1n) is 5.44. The van der Waals surface area contributed by atoms with Crippen molar-refractivity contribution in [3.63, 3.8) is 0 Å². The fraction of sp³-hybridized carbons (Fsp3) is 0.500. The topological polar surface area (TPSA) is 32.3 Å². The minimum Gasteiger partial charge on any atom is -0.361 e. The minimum absolute atomic E-state index is 0.0101. The number of nitrogens with zero attached hydrogens (tertiary/aromatic N) is 4. The average Bonchev–Trinajstić information content (AvgIpc) is 2.64. The van der Waals surface area contributed by atoms with Gasteiger partial charge in [0.15, 0.2) is 0 Å². The maximum absolute atomic E-state index is 4.41. The van der Waals surface area contributed by atoms with Crippen LogP contribution in [0.4, 0.5) is 5.69 Å². The van der Waals surface area contributed by atoms with Crippen LogP contribution in [0.2, 0.25) is 0 Å². The van der Waals surface area contributed by atoms with Crippen LogP contribution in [0, 0.1) is 0 Å². The second-order valence-electron chi connectivity index (χ2n) is 5.18. The molecule has 0 saturated carbocycles. The number of anilines is 1. The molecule has 0 radical (unpaired) electrons. The first-order chi connectivity index (χ1) is 7.47. The summed E-state index contributed by atoms with van der Waals surface area (Å²) in [5, 5.41) is 0. The Kier molecular flexibility index (Phi) is 2.58. The largest absolute Gasteiger partial charge is 0.361 e. The van der Waals surface area contributed by atoms with Gasteiger partial charge in [-0.3, -0.25) is 0 Å². The van der Waals surface area contributed by atoms with Crippen LogP contribution in [0.5, 0.6) is 0 Å². The molecule has 1 aliphatic heterocycles. The second-order valence-corrected chi connectivity index (χ2v) is 5.18. The van der Waals surface area contributed by atoms with Crippen LogP contribution < -0.4 is 4.90 Å². The molecule has 0 fully saturated rings. The summed E-state index contributed by atoms with van der Waals surface area (Å²) in [6, 6.07) is 0. The molecule has 0 N–H and O–H groups in total. The molecule has 0 aromatic carbocycles. The van der Waals surface area contributed by atoms with E-state index in [1.165, 1.54) is 0 Å². The van der Waals surface area contributed by atoms with Gasteiger partial charge in [-0.1, -0.05) is 20.8 Å². The van der Waals surface area contributed by atoms with Gasteiger partial charge in [-0.05, 0) is 0 Å². The van der Waals surface area contributed by atoms with Gasteiger partial charge in [-0.25, -0.2) is 9.97 Å². The normalized spacial score (nSPS) is 16.0. The van der Waals surface area contributed by atoms with Crippen molar-refractivity contribution >= 4 is 5.69 Å². The van der Waals surface area contributed by atoms with E-state index in [4.69, 9.17) is 0 Å². The molecular weight excluding hydrogens is 200 g/mol.